The van der Waals surface area contributed by atoms with Crippen molar-refractivity contribution in [3.05, 3.63) is 29.8 Å². The number of imide groups is 1. The molecule has 1 rings (SSSR count). The molecule has 0 aliphatic rings. The van der Waals surface area contributed by atoms with E-state index < -0.39 is 17.9 Å². The van der Waals surface area contributed by atoms with E-state index in [4.69, 9.17) is 5.11 Å². The van der Waals surface area contributed by atoms with Gasteiger partial charge in [-0.1, -0.05) is 25.5 Å². The lowest BCUT2D eigenvalue weighted by molar-refractivity contribution is -0.117. The number of carboxylic acids is 1. The van der Waals surface area contributed by atoms with E-state index in [2.05, 4.69) is 10.6 Å². The number of thioether (sulfide) groups is 1. The quantitative estimate of drug-likeness (QED) is 0.529. The molecular weight excluding hydrogens is 292 g/mol. The van der Waals surface area contributed by atoms with Gasteiger partial charge in [-0.15, -0.1) is 11.8 Å². The number of rotatable bonds is 7. The minimum atomic E-state index is -1.05. The molecule has 1 aromatic carbocycles. The topological polar surface area (TPSA) is 95.5 Å². The summed E-state index contributed by atoms with van der Waals surface area (Å²) in [7, 11) is 0. The Morgan fingerprint density at radius 1 is 1.24 bits per heavy atom. The molecule has 0 aliphatic carbocycles. The molecule has 0 bridgehead atoms. The molecule has 21 heavy (non-hydrogen) atoms. The standard InChI is InChI=1S/C14H18N2O4S/c1-2-3-8-15-14(20)16-12(17)9-21-11-7-5-4-6-10(11)13(18)19/h4-7H,2-3,8-9H2,1H3,(H,18,19)(H2,15,16,17,20). The van der Waals surface area contributed by atoms with E-state index in [1.807, 2.05) is 6.92 Å². The largest absolute Gasteiger partial charge is 0.478 e. The Hall–Kier alpha value is -2.02. The fourth-order valence-corrected chi connectivity index (χ4v) is 2.34. The third-order valence-electron chi connectivity index (χ3n) is 2.55. The van der Waals surface area contributed by atoms with E-state index >= 15 is 0 Å². The maximum atomic E-state index is 11.6. The van der Waals surface area contributed by atoms with Crippen molar-refractivity contribution in [2.24, 2.45) is 0 Å². The Labute approximate surface area is 127 Å². The van der Waals surface area contributed by atoms with Crippen LogP contribution < -0.4 is 10.6 Å². The normalized spacial score (nSPS) is 9.95. The number of carbonyl (C=O) groups is 3. The third-order valence-corrected chi connectivity index (χ3v) is 3.62. The summed E-state index contributed by atoms with van der Waals surface area (Å²) < 4.78 is 0. The second kappa shape index (κ2) is 9.02. The van der Waals surface area contributed by atoms with Crippen molar-refractivity contribution in [1.29, 1.82) is 0 Å². The average Bonchev–Trinajstić information content (AvgIpc) is 2.45. The van der Waals surface area contributed by atoms with Gasteiger partial charge in [-0.2, -0.15) is 0 Å². The SMILES string of the molecule is CCCCNC(=O)NC(=O)CSc1ccccc1C(=O)O. The average molecular weight is 310 g/mol. The number of amides is 3. The van der Waals surface area contributed by atoms with Crippen molar-refractivity contribution < 1.29 is 19.5 Å². The number of carbonyl (C=O) groups excluding carboxylic acids is 2. The van der Waals surface area contributed by atoms with Gasteiger partial charge in [0, 0.05) is 11.4 Å². The minimum Gasteiger partial charge on any atom is -0.478 e. The van der Waals surface area contributed by atoms with Gasteiger partial charge in [0.2, 0.25) is 5.91 Å². The van der Waals surface area contributed by atoms with E-state index in [0.717, 1.165) is 24.6 Å². The van der Waals surface area contributed by atoms with Gasteiger partial charge in [-0.25, -0.2) is 9.59 Å². The Kier molecular flexibility index (Phi) is 7.31. The predicted molar refractivity (Wildman–Crippen MR) is 80.6 cm³/mol. The first kappa shape index (κ1) is 17.0. The van der Waals surface area contributed by atoms with Crippen LogP contribution in [0.3, 0.4) is 0 Å². The molecule has 0 radical (unpaired) electrons. The molecule has 6 nitrogen and oxygen atoms in total. The number of urea groups is 1. The number of carboxylic acid groups (broad SMARTS) is 1. The molecule has 0 unspecified atom stereocenters. The number of aromatic carboxylic acids is 1. The van der Waals surface area contributed by atoms with Gasteiger partial charge in [0.25, 0.3) is 0 Å². The summed E-state index contributed by atoms with van der Waals surface area (Å²) >= 11 is 1.08. The maximum absolute atomic E-state index is 11.6. The van der Waals surface area contributed by atoms with E-state index in [9.17, 15) is 14.4 Å². The number of hydrogen-bond donors (Lipinski definition) is 3. The molecule has 0 saturated carbocycles. The fourth-order valence-electron chi connectivity index (χ4n) is 1.50. The van der Waals surface area contributed by atoms with Crippen LogP contribution in [0.25, 0.3) is 0 Å². The summed E-state index contributed by atoms with van der Waals surface area (Å²) in [6.07, 6.45) is 1.80. The molecular formula is C14H18N2O4S. The van der Waals surface area contributed by atoms with Crippen LogP contribution in [-0.2, 0) is 4.79 Å². The van der Waals surface area contributed by atoms with Crippen molar-refractivity contribution in [2.45, 2.75) is 24.7 Å². The zero-order valence-electron chi connectivity index (χ0n) is 11.7. The van der Waals surface area contributed by atoms with Crippen LogP contribution in [0.5, 0.6) is 0 Å². The number of hydrogen-bond acceptors (Lipinski definition) is 4. The Balaban J connectivity index is 2.43. The summed E-state index contributed by atoms with van der Waals surface area (Å²) in [5.41, 5.74) is 0.141. The van der Waals surface area contributed by atoms with E-state index in [1.54, 1.807) is 18.2 Å². The first-order chi connectivity index (χ1) is 10.0. The summed E-state index contributed by atoms with van der Waals surface area (Å²) in [5.74, 6) is -1.53. The lowest BCUT2D eigenvalue weighted by Crippen LogP contribution is -2.40. The molecule has 0 saturated heterocycles. The summed E-state index contributed by atoms with van der Waals surface area (Å²) in [4.78, 5) is 34.5. The van der Waals surface area contributed by atoms with Crippen LogP contribution in [0.1, 0.15) is 30.1 Å². The second-order valence-corrected chi connectivity index (χ2v) is 5.26. The molecule has 0 atom stereocenters. The predicted octanol–water partition coefficient (Wildman–Crippen LogP) is 2.10. The van der Waals surface area contributed by atoms with Crippen LogP contribution >= 0.6 is 11.8 Å². The molecule has 0 spiro atoms. The summed E-state index contributed by atoms with van der Waals surface area (Å²) in [5, 5.41) is 13.8. The number of unbranched alkanes of at least 4 members (excludes halogenated alkanes) is 1. The van der Waals surface area contributed by atoms with Crippen molar-refractivity contribution >= 4 is 29.7 Å². The fraction of sp³-hybridized carbons (Fsp3) is 0.357. The molecule has 7 heteroatoms. The van der Waals surface area contributed by atoms with Gasteiger partial charge in [0.05, 0.1) is 11.3 Å². The van der Waals surface area contributed by atoms with Crippen molar-refractivity contribution in [1.82, 2.24) is 10.6 Å². The van der Waals surface area contributed by atoms with Crippen molar-refractivity contribution in [2.75, 3.05) is 12.3 Å². The smallest absolute Gasteiger partial charge is 0.336 e. The van der Waals surface area contributed by atoms with Gasteiger partial charge in [0.15, 0.2) is 0 Å². The van der Waals surface area contributed by atoms with Crippen molar-refractivity contribution in [3.63, 3.8) is 0 Å². The van der Waals surface area contributed by atoms with Crippen LogP contribution in [0.15, 0.2) is 29.2 Å². The summed E-state index contributed by atoms with van der Waals surface area (Å²) in [6.45, 7) is 2.52. The van der Waals surface area contributed by atoms with Crippen LogP contribution in [0.4, 0.5) is 4.79 Å². The van der Waals surface area contributed by atoms with E-state index in [-0.39, 0.29) is 11.3 Å². The lowest BCUT2D eigenvalue weighted by atomic mass is 10.2. The highest BCUT2D eigenvalue weighted by molar-refractivity contribution is 8.00. The molecule has 0 aromatic heterocycles. The van der Waals surface area contributed by atoms with Gasteiger partial charge < -0.3 is 10.4 Å². The highest BCUT2D eigenvalue weighted by Gasteiger charge is 2.12. The second-order valence-electron chi connectivity index (χ2n) is 4.25. The van der Waals surface area contributed by atoms with E-state index in [1.165, 1.54) is 6.07 Å². The summed E-state index contributed by atoms with van der Waals surface area (Å²) in [6, 6.07) is 5.89. The Bertz CT molecular complexity index is 519. The Morgan fingerprint density at radius 3 is 2.62 bits per heavy atom. The molecule has 0 fully saturated rings. The first-order valence-corrected chi connectivity index (χ1v) is 7.56. The molecule has 0 aliphatic heterocycles. The van der Waals surface area contributed by atoms with Gasteiger partial charge in [0.1, 0.15) is 0 Å². The zero-order valence-corrected chi connectivity index (χ0v) is 12.5. The minimum absolute atomic E-state index is 0.0223. The zero-order chi connectivity index (χ0) is 15.7. The van der Waals surface area contributed by atoms with Crippen LogP contribution in [0, 0.1) is 0 Å². The van der Waals surface area contributed by atoms with Crippen LogP contribution in [0.2, 0.25) is 0 Å². The Morgan fingerprint density at radius 2 is 1.95 bits per heavy atom. The number of nitrogens with one attached hydrogen (secondary N) is 2. The molecule has 3 N–H and O–H groups in total. The maximum Gasteiger partial charge on any atom is 0.336 e. The highest BCUT2D eigenvalue weighted by Crippen LogP contribution is 2.22. The van der Waals surface area contributed by atoms with Crippen LogP contribution in [-0.4, -0.2) is 35.3 Å². The van der Waals surface area contributed by atoms with E-state index in [0.29, 0.717) is 11.4 Å². The van der Waals surface area contributed by atoms with Gasteiger partial charge in [-0.05, 0) is 18.6 Å². The lowest BCUT2D eigenvalue weighted by Gasteiger charge is -2.07. The van der Waals surface area contributed by atoms with Gasteiger partial charge >= 0.3 is 12.0 Å². The number of benzene rings is 1. The molecule has 114 valence electrons. The van der Waals surface area contributed by atoms with Crippen molar-refractivity contribution in [3.8, 4) is 0 Å². The first-order valence-electron chi connectivity index (χ1n) is 6.57. The molecule has 3 amide bonds. The third kappa shape index (κ3) is 6.31. The molecule has 1 aromatic rings. The monoisotopic (exact) mass is 310 g/mol. The van der Waals surface area contributed by atoms with Gasteiger partial charge in [-0.3, -0.25) is 10.1 Å². The highest BCUT2D eigenvalue weighted by atomic mass is 32.2. The molecule has 0 heterocycles.